The molecule has 2 aromatic rings. The zero-order chi connectivity index (χ0) is 14.3. The molecular formula is C16H12O4. The monoisotopic (exact) mass is 268 g/mol. The normalized spacial score (nSPS) is 17.8. The van der Waals surface area contributed by atoms with Crippen LogP contribution < -0.4 is 0 Å². The molecule has 4 nitrogen and oxygen atoms in total. The summed E-state index contributed by atoms with van der Waals surface area (Å²) in [6.07, 6.45) is 0.817. The zero-order valence-corrected chi connectivity index (χ0v) is 10.6. The van der Waals surface area contributed by atoms with Crippen LogP contribution >= 0.6 is 0 Å². The van der Waals surface area contributed by atoms with Gasteiger partial charge in [0, 0.05) is 5.56 Å². The summed E-state index contributed by atoms with van der Waals surface area (Å²) in [5.74, 6) is -3.95. The van der Waals surface area contributed by atoms with E-state index in [0.29, 0.717) is 12.0 Å². The lowest BCUT2D eigenvalue weighted by Crippen LogP contribution is -2.33. The number of fused-ring (bicyclic) bond motifs is 3. The minimum atomic E-state index is -1.53. The Balaban J connectivity index is 2.11. The van der Waals surface area contributed by atoms with Gasteiger partial charge in [-0.15, -0.1) is 0 Å². The molecule has 1 atom stereocenters. The Bertz CT molecular complexity index is 745. The highest BCUT2D eigenvalue weighted by atomic mass is 16.4. The van der Waals surface area contributed by atoms with E-state index in [1.807, 2.05) is 30.3 Å². The van der Waals surface area contributed by atoms with Crippen molar-refractivity contribution < 1.29 is 19.5 Å². The van der Waals surface area contributed by atoms with Gasteiger partial charge in [-0.3, -0.25) is 9.59 Å². The Morgan fingerprint density at radius 1 is 1.10 bits per heavy atom. The molecule has 20 heavy (non-hydrogen) atoms. The van der Waals surface area contributed by atoms with Gasteiger partial charge in [0.05, 0.1) is 5.92 Å². The summed E-state index contributed by atoms with van der Waals surface area (Å²) in [5, 5.41) is 10.8. The van der Waals surface area contributed by atoms with Gasteiger partial charge in [0.15, 0.2) is 5.78 Å². The molecule has 0 radical (unpaired) electrons. The maximum atomic E-state index is 12.3. The van der Waals surface area contributed by atoms with Gasteiger partial charge in [0.2, 0.25) is 0 Å². The van der Waals surface area contributed by atoms with E-state index in [2.05, 4.69) is 0 Å². The van der Waals surface area contributed by atoms with E-state index >= 15 is 0 Å². The Morgan fingerprint density at radius 2 is 1.85 bits per heavy atom. The molecule has 0 aromatic heterocycles. The summed E-state index contributed by atoms with van der Waals surface area (Å²) in [7, 11) is 0. The van der Waals surface area contributed by atoms with Crippen molar-refractivity contribution >= 4 is 28.3 Å². The highest BCUT2D eigenvalue weighted by Crippen LogP contribution is 2.31. The van der Waals surface area contributed by atoms with Gasteiger partial charge in [0.25, 0.3) is 5.78 Å². The maximum Gasteiger partial charge on any atom is 0.372 e. The third-order valence-corrected chi connectivity index (χ3v) is 3.83. The van der Waals surface area contributed by atoms with E-state index in [1.165, 1.54) is 0 Å². The van der Waals surface area contributed by atoms with Gasteiger partial charge < -0.3 is 5.11 Å². The maximum absolute atomic E-state index is 12.3. The number of carbonyl (C=O) groups is 3. The SMILES string of the molecule is O=C(O)C(=O)C1CCc2c(ccc3ccccc23)C1=O. The summed E-state index contributed by atoms with van der Waals surface area (Å²) in [4.78, 5) is 34.7. The average molecular weight is 268 g/mol. The lowest BCUT2D eigenvalue weighted by molar-refractivity contribution is -0.150. The molecule has 0 heterocycles. The topological polar surface area (TPSA) is 71.4 Å². The van der Waals surface area contributed by atoms with Crippen molar-refractivity contribution in [3.05, 3.63) is 47.5 Å². The highest BCUT2D eigenvalue weighted by Gasteiger charge is 2.36. The molecule has 0 amide bonds. The van der Waals surface area contributed by atoms with Crippen LogP contribution in [0.1, 0.15) is 22.3 Å². The minimum Gasteiger partial charge on any atom is -0.475 e. The summed E-state index contributed by atoms with van der Waals surface area (Å²) < 4.78 is 0. The van der Waals surface area contributed by atoms with Crippen LogP contribution in [0.5, 0.6) is 0 Å². The van der Waals surface area contributed by atoms with Gasteiger partial charge in [-0.2, -0.15) is 0 Å². The second kappa shape index (κ2) is 4.56. The fourth-order valence-corrected chi connectivity index (χ4v) is 2.84. The van der Waals surface area contributed by atoms with Gasteiger partial charge in [-0.05, 0) is 29.2 Å². The molecule has 0 aliphatic heterocycles. The zero-order valence-electron chi connectivity index (χ0n) is 10.6. The standard InChI is InChI=1S/C16H12O4/c17-14-12-6-5-9-3-1-2-4-10(9)11(12)7-8-13(14)15(18)16(19)20/h1-6,13H,7-8H2,(H,19,20). The lowest BCUT2D eigenvalue weighted by Gasteiger charge is -2.22. The molecule has 0 fully saturated rings. The third-order valence-electron chi connectivity index (χ3n) is 3.83. The van der Waals surface area contributed by atoms with Crippen LogP contribution in [0.4, 0.5) is 0 Å². The number of carbonyl (C=O) groups excluding carboxylic acids is 2. The summed E-state index contributed by atoms with van der Waals surface area (Å²) in [6, 6.07) is 11.3. The lowest BCUT2D eigenvalue weighted by atomic mass is 9.79. The van der Waals surface area contributed by atoms with Gasteiger partial charge in [-0.1, -0.05) is 36.4 Å². The van der Waals surface area contributed by atoms with E-state index in [-0.39, 0.29) is 12.2 Å². The van der Waals surface area contributed by atoms with Crippen LogP contribution in [-0.4, -0.2) is 22.6 Å². The Labute approximate surface area is 115 Å². The number of benzene rings is 2. The Morgan fingerprint density at radius 3 is 2.60 bits per heavy atom. The number of Topliss-reactive ketones (excluding diaryl/α,β-unsaturated/α-hetero) is 2. The predicted molar refractivity (Wildman–Crippen MR) is 72.7 cm³/mol. The molecular weight excluding hydrogens is 256 g/mol. The van der Waals surface area contributed by atoms with E-state index < -0.39 is 17.7 Å². The first-order valence-electron chi connectivity index (χ1n) is 6.41. The highest BCUT2D eigenvalue weighted by molar-refractivity contribution is 6.39. The Hall–Kier alpha value is -2.49. The van der Waals surface area contributed by atoms with Crippen LogP contribution in [0, 0.1) is 5.92 Å². The van der Waals surface area contributed by atoms with Crippen LogP contribution in [0.3, 0.4) is 0 Å². The van der Waals surface area contributed by atoms with Crippen molar-refractivity contribution in [1.29, 1.82) is 0 Å². The summed E-state index contributed by atoms with van der Waals surface area (Å²) in [6.45, 7) is 0. The van der Waals surface area contributed by atoms with Crippen molar-refractivity contribution in [2.45, 2.75) is 12.8 Å². The van der Waals surface area contributed by atoms with E-state index in [0.717, 1.165) is 16.3 Å². The fraction of sp³-hybridized carbons (Fsp3) is 0.188. The van der Waals surface area contributed by atoms with Crippen LogP contribution in [0.15, 0.2) is 36.4 Å². The minimum absolute atomic E-state index is 0.269. The fourth-order valence-electron chi connectivity index (χ4n) is 2.84. The predicted octanol–water partition coefficient (Wildman–Crippen LogP) is 2.24. The molecule has 1 unspecified atom stereocenters. The number of aryl methyl sites for hydroxylation is 1. The number of carboxylic acid groups (broad SMARTS) is 1. The largest absolute Gasteiger partial charge is 0.475 e. The summed E-state index contributed by atoms with van der Waals surface area (Å²) >= 11 is 0. The van der Waals surface area contributed by atoms with E-state index in [4.69, 9.17) is 5.11 Å². The molecule has 3 rings (SSSR count). The molecule has 0 spiro atoms. The number of rotatable bonds is 2. The number of hydrogen-bond acceptors (Lipinski definition) is 3. The molecule has 0 saturated heterocycles. The second-order valence-electron chi connectivity index (χ2n) is 4.94. The van der Waals surface area contributed by atoms with Gasteiger partial charge >= 0.3 is 5.97 Å². The van der Waals surface area contributed by atoms with Crippen molar-refractivity contribution in [2.24, 2.45) is 5.92 Å². The molecule has 1 N–H and O–H groups in total. The molecule has 1 aliphatic carbocycles. The molecule has 4 heteroatoms. The average Bonchev–Trinajstić information content (AvgIpc) is 2.46. The second-order valence-corrected chi connectivity index (χ2v) is 4.94. The van der Waals surface area contributed by atoms with Crippen molar-refractivity contribution in [3.63, 3.8) is 0 Å². The number of ketones is 2. The number of hydrogen-bond donors (Lipinski definition) is 1. The summed E-state index contributed by atoms with van der Waals surface area (Å²) in [5.41, 5.74) is 1.40. The van der Waals surface area contributed by atoms with Gasteiger partial charge in [0.1, 0.15) is 0 Å². The van der Waals surface area contributed by atoms with Crippen LogP contribution in [0.25, 0.3) is 10.8 Å². The first kappa shape index (κ1) is 12.5. The van der Waals surface area contributed by atoms with Crippen LogP contribution in [0.2, 0.25) is 0 Å². The Kier molecular flexibility index (Phi) is 2.86. The van der Waals surface area contributed by atoms with Crippen LogP contribution in [-0.2, 0) is 16.0 Å². The van der Waals surface area contributed by atoms with E-state index in [1.54, 1.807) is 6.07 Å². The smallest absolute Gasteiger partial charge is 0.372 e. The van der Waals surface area contributed by atoms with Crippen molar-refractivity contribution in [2.75, 3.05) is 0 Å². The third kappa shape index (κ3) is 1.81. The molecule has 0 saturated carbocycles. The molecule has 1 aliphatic rings. The van der Waals surface area contributed by atoms with Gasteiger partial charge in [-0.25, -0.2) is 4.79 Å². The molecule has 0 bridgehead atoms. The van der Waals surface area contributed by atoms with Crippen molar-refractivity contribution in [3.8, 4) is 0 Å². The van der Waals surface area contributed by atoms with E-state index in [9.17, 15) is 14.4 Å². The molecule has 2 aromatic carbocycles. The van der Waals surface area contributed by atoms with Crippen molar-refractivity contribution in [1.82, 2.24) is 0 Å². The quantitative estimate of drug-likeness (QED) is 0.669. The first-order chi connectivity index (χ1) is 9.59. The number of aliphatic carboxylic acids is 1. The molecule has 100 valence electrons. The first-order valence-corrected chi connectivity index (χ1v) is 6.41. The number of carboxylic acids is 1.